The number of benzene rings is 2. The fourth-order valence-corrected chi connectivity index (χ4v) is 8.80. The third-order valence-electron chi connectivity index (χ3n) is 4.98. The average Bonchev–Trinajstić information content (AvgIpc) is 2.66. The number of hydrogen-bond acceptors (Lipinski definition) is 2. The van der Waals surface area contributed by atoms with Crippen molar-refractivity contribution in [2.24, 2.45) is 0 Å². The zero-order chi connectivity index (χ0) is 18.6. The number of ether oxygens (including phenoxy) is 1. The average molecular weight is 431 g/mol. The van der Waals surface area contributed by atoms with Gasteiger partial charge in [-0.2, -0.15) is 0 Å². The molecule has 4 heteroatoms. The summed E-state index contributed by atoms with van der Waals surface area (Å²) in [6.45, 7) is 6.93. The standard InChI is InChI=1S/C22H27BrO2Si/c1-22(2,3)26(20-10-6-4-7-11-20,21-12-8-5-9-13-21)25-18-14-15-24-19(16-18)17-23/h4-15,18-19H,16-17H2,1-3H3/t18-,19?/m1/s1. The van der Waals surface area contributed by atoms with E-state index in [0.29, 0.717) is 0 Å². The highest BCUT2D eigenvalue weighted by molar-refractivity contribution is 9.09. The molecule has 0 bridgehead atoms. The smallest absolute Gasteiger partial charge is 0.261 e. The summed E-state index contributed by atoms with van der Waals surface area (Å²) < 4.78 is 12.8. The fraction of sp³-hybridized carbons (Fsp3) is 0.364. The van der Waals surface area contributed by atoms with Crippen molar-refractivity contribution >= 4 is 34.6 Å². The van der Waals surface area contributed by atoms with E-state index in [-0.39, 0.29) is 17.2 Å². The number of rotatable bonds is 5. The van der Waals surface area contributed by atoms with Crippen LogP contribution in [0.15, 0.2) is 73.0 Å². The molecule has 0 saturated carbocycles. The Bertz CT molecular complexity index is 685. The zero-order valence-corrected chi connectivity index (χ0v) is 18.3. The molecule has 26 heavy (non-hydrogen) atoms. The summed E-state index contributed by atoms with van der Waals surface area (Å²) in [6.07, 6.45) is 4.95. The molecule has 2 aromatic rings. The molecule has 1 unspecified atom stereocenters. The summed E-state index contributed by atoms with van der Waals surface area (Å²) >= 11 is 3.54. The molecule has 0 saturated heterocycles. The molecule has 0 radical (unpaired) electrons. The van der Waals surface area contributed by atoms with Gasteiger partial charge >= 0.3 is 0 Å². The Kier molecular flexibility index (Phi) is 6.05. The topological polar surface area (TPSA) is 18.5 Å². The Morgan fingerprint density at radius 1 is 1.00 bits per heavy atom. The van der Waals surface area contributed by atoms with E-state index in [1.807, 2.05) is 0 Å². The molecule has 0 aliphatic carbocycles. The van der Waals surface area contributed by atoms with Crippen molar-refractivity contribution in [2.45, 2.75) is 44.4 Å². The summed E-state index contributed by atoms with van der Waals surface area (Å²) in [4.78, 5) is 0. The molecule has 3 rings (SSSR count). The van der Waals surface area contributed by atoms with Gasteiger partial charge in [0, 0.05) is 11.8 Å². The lowest BCUT2D eigenvalue weighted by Gasteiger charge is -2.45. The lowest BCUT2D eigenvalue weighted by Crippen LogP contribution is -2.67. The molecular weight excluding hydrogens is 404 g/mol. The Morgan fingerprint density at radius 2 is 1.54 bits per heavy atom. The van der Waals surface area contributed by atoms with E-state index in [2.05, 4.69) is 103 Å². The van der Waals surface area contributed by atoms with Gasteiger partial charge in [-0.3, -0.25) is 0 Å². The maximum atomic E-state index is 7.10. The van der Waals surface area contributed by atoms with Crippen molar-refractivity contribution in [1.29, 1.82) is 0 Å². The summed E-state index contributed by atoms with van der Waals surface area (Å²) in [5.74, 6) is 0. The Morgan fingerprint density at radius 3 is 2.00 bits per heavy atom. The van der Waals surface area contributed by atoms with Crippen LogP contribution >= 0.6 is 15.9 Å². The van der Waals surface area contributed by atoms with E-state index < -0.39 is 8.32 Å². The predicted molar refractivity (Wildman–Crippen MR) is 115 cm³/mol. The van der Waals surface area contributed by atoms with E-state index in [1.54, 1.807) is 6.26 Å². The van der Waals surface area contributed by atoms with Gasteiger partial charge in [0.25, 0.3) is 8.32 Å². The third-order valence-corrected chi connectivity index (χ3v) is 10.8. The Balaban J connectivity index is 2.12. The van der Waals surface area contributed by atoms with Crippen LogP contribution in [-0.2, 0) is 9.16 Å². The minimum absolute atomic E-state index is 0.00818. The first-order valence-electron chi connectivity index (χ1n) is 9.14. The van der Waals surface area contributed by atoms with Crippen LogP contribution in [0.5, 0.6) is 0 Å². The second kappa shape index (κ2) is 8.11. The summed E-state index contributed by atoms with van der Waals surface area (Å²) in [6, 6.07) is 21.6. The minimum atomic E-state index is -2.50. The van der Waals surface area contributed by atoms with Crippen LogP contribution in [0.25, 0.3) is 0 Å². The molecule has 0 fully saturated rings. The molecule has 1 heterocycles. The largest absolute Gasteiger partial charge is 0.497 e. The van der Waals surface area contributed by atoms with Crippen molar-refractivity contribution in [3.8, 4) is 0 Å². The number of hydrogen-bond donors (Lipinski definition) is 0. The molecule has 138 valence electrons. The first-order chi connectivity index (χ1) is 12.5. The SMILES string of the molecule is CC(C)(C)[Si](O[C@@H]1C=COC(CBr)C1)(c1ccccc1)c1ccccc1. The monoisotopic (exact) mass is 430 g/mol. The molecule has 0 aromatic heterocycles. The molecule has 2 atom stereocenters. The second-order valence-corrected chi connectivity index (χ2v) is 12.7. The van der Waals surface area contributed by atoms with E-state index >= 15 is 0 Å². The van der Waals surface area contributed by atoms with Crippen LogP contribution in [0.4, 0.5) is 0 Å². The number of halogens is 1. The second-order valence-electron chi connectivity index (χ2n) is 7.80. The van der Waals surface area contributed by atoms with Crippen LogP contribution in [0.2, 0.25) is 5.04 Å². The van der Waals surface area contributed by atoms with E-state index in [0.717, 1.165) is 11.8 Å². The maximum absolute atomic E-state index is 7.10. The molecular formula is C22H27BrO2Si. The van der Waals surface area contributed by atoms with E-state index in [9.17, 15) is 0 Å². The molecule has 2 nitrogen and oxygen atoms in total. The predicted octanol–water partition coefficient (Wildman–Crippen LogP) is 4.63. The van der Waals surface area contributed by atoms with Crippen molar-refractivity contribution < 1.29 is 9.16 Å². The van der Waals surface area contributed by atoms with Crippen LogP contribution in [0.3, 0.4) is 0 Å². The van der Waals surface area contributed by atoms with Crippen molar-refractivity contribution in [3.05, 3.63) is 73.0 Å². The van der Waals surface area contributed by atoms with Crippen molar-refractivity contribution in [2.75, 3.05) is 5.33 Å². The van der Waals surface area contributed by atoms with Crippen molar-refractivity contribution in [1.82, 2.24) is 0 Å². The highest BCUT2D eigenvalue weighted by atomic mass is 79.9. The first-order valence-corrected chi connectivity index (χ1v) is 12.2. The number of alkyl halides is 1. The van der Waals surface area contributed by atoms with Gasteiger partial charge < -0.3 is 9.16 Å². The first kappa shape index (κ1) is 19.4. The van der Waals surface area contributed by atoms with Gasteiger partial charge in [-0.25, -0.2) is 0 Å². The lowest BCUT2D eigenvalue weighted by atomic mass is 10.1. The summed E-state index contributed by atoms with van der Waals surface area (Å²) in [5, 5.41) is 3.44. The van der Waals surface area contributed by atoms with Crippen LogP contribution in [-0.4, -0.2) is 25.9 Å². The molecule has 0 amide bonds. The third kappa shape index (κ3) is 3.82. The van der Waals surface area contributed by atoms with E-state index in [1.165, 1.54) is 10.4 Å². The molecule has 0 spiro atoms. The molecule has 1 aliphatic rings. The van der Waals surface area contributed by atoms with Gasteiger partial charge in [-0.15, -0.1) is 0 Å². The summed E-state index contributed by atoms with van der Waals surface area (Å²) in [5.41, 5.74) is 0. The zero-order valence-electron chi connectivity index (χ0n) is 15.7. The Labute approximate surface area is 166 Å². The molecule has 1 aliphatic heterocycles. The van der Waals surface area contributed by atoms with Gasteiger partial charge in [-0.05, 0) is 21.5 Å². The lowest BCUT2D eigenvalue weighted by molar-refractivity contribution is 0.0856. The van der Waals surface area contributed by atoms with Gasteiger partial charge in [0.15, 0.2) is 0 Å². The molecule has 0 N–H and O–H groups in total. The minimum Gasteiger partial charge on any atom is -0.497 e. The van der Waals surface area contributed by atoms with Gasteiger partial charge in [0.05, 0.1) is 12.4 Å². The van der Waals surface area contributed by atoms with Crippen LogP contribution < -0.4 is 10.4 Å². The van der Waals surface area contributed by atoms with Gasteiger partial charge in [0.1, 0.15) is 6.10 Å². The van der Waals surface area contributed by atoms with E-state index in [4.69, 9.17) is 9.16 Å². The highest BCUT2D eigenvalue weighted by Crippen LogP contribution is 2.38. The summed E-state index contributed by atoms with van der Waals surface area (Å²) in [7, 11) is -2.50. The maximum Gasteiger partial charge on any atom is 0.261 e. The fourth-order valence-electron chi connectivity index (χ4n) is 3.74. The normalized spacial score (nSPS) is 20.6. The highest BCUT2D eigenvalue weighted by Gasteiger charge is 2.51. The quantitative estimate of drug-likeness (QED) is 0.508. The van der Waals surface area contributed by atoms with Gasteiger partial charge in [-0.1, -0.05) is 97.4 Å². The Hall–Kier alpha value is -1.36. The molecule has 2 aromatic carbocycles. The van der Waals surface area contributed by atoms with Crippen LogP contribution in [0.1, 0.15) is 27.2 Å². The van der Waals surface area contributed by atoms with Crippen molar-refractivity contribution in [3.63, 3.8) is 0 Å². The van der Waals surface area contributed by atoms with Crippen LogP contribution in [0, 0.1) is 0 Å². The van der Waals surface area contributed by atoms with Gasteiger partial charge in [0.2, 0.25) is 0 Å².